The summed E-state index contributed by atoms with van der Waals surface area (Å²) in [6.07, 6.45) is 0.00741. The minimum atomic E-state index is -1.11. The molecular formula is C6H12N2O3. The van der Waals surface area contributed by atoms with Gasteiger partial charge in [0.2, 0.25) is 5.91 Å². The molecule has 0 rings (SSSR count). The molecule has 0 saturated heterocycles. The molecule has 1 unspecified atom stereocenters. The van der Waals surface area contributed by atoms with E-state index in [4.69, 9.17) is 16.6 Å². The van der Waals surface area contributed by atoms with Gasteiger partial charge in [-0.1, -0.05) is 6.92 Å². The van der Waals surface area contributed by atoms with Crippen molar-refractivity contribution in [3.8, 4) is 0 Å². The van der Waals surface area contributed by atoms with Crippen molar-refractivity contribution in [1.29, 1.82) is 0 Å². The lowest BCUT2D eigenvalue weighted by atomic mass is 9.99. The highest BCUT2D eigenvalue weighted by molar-refractivity contribution is 5.77. The van der Waals surface area contributed by atoms with Gasteiger partial charge in [0.25, 0.3) is 0 Å². The summed E-state index contributed by atoms with van der Waals surface area (Å²) in [4.78, 5) is 20.6. The predicted molar refractivity (Wildman–Crippen MR) is 38.6 cm³/mol. The fraction of sp³-hybridized carbons (Fsp3) is 0.667. The van der Waals surface area contributed by atoms with E-state index in [-0.39, 0.29) is 6.42 Å². The normalized spacial score (nSPS) is 15.5. The first-order chi connectivity index (χ1) is 4.95. The topological polar surface area (TPSA) is 106 Å². The van der Waals surface area contributed by atoms with Gasteiger partial charge >= 0.3 is 5.97 Å². The number of primary amides is 1. The fourth-order valence-electron chi connectivity index (χ4n) is 0.688. The molecule has 5 nitrogen and oxygen atoms in total. The molecule has 2 atom stereocenters. The number of hydrogen-bond acceptors (Lipinski definition) is 3. The summed E-state index contributed by atoms with van der Waals surface area (Å²) in [7, 11) is 0. The summed E-state index contributed by atoms with van der Waals surface area (Å²) >= 11 is 0. The van der Waals surface area contributed by atoms with Crippen LogP contribution in [0.3, 0.4) is 0 Å². The van der Waals surface area contributed by atoms with Crippen LogP contribution in [0.25, 0.3) is 0 Å². The smallest absolute Gasteiger partial charge is 0.320 e. The number of carboxylic acid groups (broad SMARTS) is 1. The molecule has 0 heterocycles. The third kappa shape index (κ3) is 3.57. The average Bonchev–Trinajstić information content (AvgIpc) is 1.84. The zero-order valence-electron chi connectivity index (χ0n) is 6.28. The Morgan fingerprint density at radius 1 is 1.55 bits per heavy atom. The number of carbonyl (C=O) groups excluding carboxylic acids is 1. The van der Waals surface area contributed by atoms with Gasteiger partial charge in [0.1, 0.15) is 6.04 Å². The van der Waals surface area contributed by atoms with Gasteiger partial charge in [0.15, 0.2) is 0 Å². The average molecular weight is 160 g/mol. The third-order valence-corrected chi connectivity index (χ3v) is 1.42. The third-order valence-electron chi connectivity index (χ3n) is 1.42. The molecule has 11 heavy (non-hydrogen) atoms. The molecule has 1 amide bonds. The number of hydrogen-bond donors (Lipinski definition) is 3. The molecular weight excluding hydrogens is 148 g/mol. The van der Waals surface area contributed by atoms with Crippen molar-refractivity contribution in [2.24, 2.45) is 17.4 Å². The molecule has 64 valence electrons. The first-order valence-corrected chi connectivity index (χ1v) is 3.22. The first-order valence-electron chi connectivity index (χ1n) is 3.22. The van der Waals surface area contributed by atoms with Crippen LogP contribution in [0.5, 0.6) is 0 Å². The molecule has 0 fully saturated rings. The Bertz CT molecular complexity index is 169. The van der Waals surface area contributed by atoms with Gasteiger partial charge in [-0.3, -0.25) is 9.59 Å². The highest BCUT2D eigenvalue weighted by atomic mass is 16.4. The molecule has 5 heteroatoms. The number of rotatable bonds is 4. The Labute approximate surface area is 64.4 Å². The zero-order valence-corrected chi connectivity index (χ0v) is 6.28. The maximum atomic E-state index is 10.3. The van der Waals surface area contributed by atoms with Gasteiger partial charge in [0, 0.05) is 6.42 Å². The molecule has 0 aromatic rings. The quantitative estimate of drug-likeness (QED) is 0.485. The van der Waals surface area contributed by atoms with Gasteiger partial charge in [-0.2, -0.15) is 0 Å². The number of aliphatic carboxylic acids is 1. The molecule has 0 radical (unpaired) electrons. The van der Waals surface area contributed by atoms with Crippen molar-refractivity contribution in [3.63, 3.8) is 0 Å². The number of nitrogens with two attached hydrogens (primary N) is 2. The van der Waals surface area contributed by atoms with Crippen LogP contribution in [0.4, 0.5) is 0 Å². The van der Waals surface area contributed by atoms with Crippen LogP contribution < -0.4 is 11.5 Å². The van der Waals surface area contributed by atoms with Crippen molar-refractivity contribution < 1.29 is 14.7 Å². The van der Waals surface area contributed by atoms with Crippen LogP contribution in [0.15, 0.2) is 0 Å². The van der Waals surface area contributed by atoms with E-state index in [2.05, 4.69) is 0 Å². The van der Waals surface area contributed by atoms with Gasteiger partial charge in [-0.15, -0.1) is 0 Å². The van der Waals surface area contributed by atoms with Crippen LogP contribution in [-0.2, 0) is 9.59 Å². The fourth-order valence-corrected chi connectivity index (χ4v) is 0.688. The summed E-state index contributed by atoms with van der Waals surface area (Å²) in [6.45, 7) is 1.57. The second-order valence-electron chi connectivity index (χ2n) is 2.51. The van der Waals surface area contributed by atoms with E-state index in [1.165, 1.54) is 0 Å². The van der Waals surface area contributed by atoms with E-state index < -0.39 is 23.8 Å². The van der Waals surface area contributed by atoms with E-state index in [1.807, 2.05) is 0 Å². The monoisotopic (exact) mass is 160 g/mol. The van der Waals surface area contributed by atoms with Crippen molar-refractivity contribution in [2.75, 3.05) is 0 Å². The van der Waals surface area contributed by atoms with Crippen LogP contribution in [0.1, 0.15) is 13.3 Å². The standard InChI is InChI=1S/C6H12N2O3/c1-3(2-4(7)9)5(8)6(10)11/h3,5H,2,8H2,1H3,(H2,7,9)(H,10,11)/t3?,5-/m1/s1. The Balaban J connectivity index is 3.92. The lowest BCUT2D eigenvalue weighted by Crippen LogP contribution is -2.38. The van der Waals surface area contributed by atoms with Crippen LogP contribution >= 0.6 is 0 Å². The van der Waals surface area contributed by atoms with Crippen LogP contribution in [0, 0.1) is 5.92 Å². The summed E-state index contributed by atoms with van der Waals surface area (Å²) in [6, 6.07) is -1.01. The van der Waals surface area contributed by atoms with E-state index in [9.17, 15) is 9.59 Å². The van der Waals surface area contributed by atoms with Crippen LogP contribution in [0.2, 0.25) is 0 Å². The molecule has 0 aromatic carbocycles. The second kappa shape index (κ2) is 3.92. The molecule has 0 spiro atoms. The maximum absolute atomic E-state index is 10.3. The first kappa shape index (κ1) is 9.90. The van der Waals surface area contributed by atoms with E-state index >= 15 is 0 Å². The van der Waals surface area contributed by atoms with Gasteiger partial charge in [-0.25, -0.2) is 0 Å². The minimum absolute atomic E-state index is 0.00741. The largest absolute Gasteiger partial charge is 0.480 e. The molecule has 0 saturated carbocycles. The number of amides is 1. The summed E-state index contributed by atoms with van der Waals surface area (Å²) in [5.74, 6) is -2.06. The Hall–Kier alpha value is -1.10. The molecule has 0 aliphatic carbocycles. The Morgan fingerprint density at radius 2 is 2.00 bits per heavy atom. The van der Waals surface area contributed by atoms with Crippen molar-refractivity contribution in [3.05, 3.63) is 0 Å². The van der Waals surface area contributed by atoms with Crippen molar-refractivity contribution >= 4 is 11.9 Å². The minimum Gasteiger partial charge on any atom is -0.480 e. The molecule has 0 bridgehead atoms. The van der Waals surface area contributed by atoms with Crippen molar-refractivity contribution in [2.45, 2.75) is 19.4 Å². The predicted octanol–water partition coefficient (Wildman–Crippen LogP) is -1.09. The maximum Gasteiger partial charge on any atom is 0.320 e. The summed E-state index contributed by atoms with van der Waals surface area (Å²) in [5.41, 5.74) is 10.0. The van der Waals surface area contributed by atoms with E-state index in [0.717, 1.165) is 0 Å². The summed E-state index contributed by atoms with van der Waals surface area (Å²) in [5, 5.41) is 8.39. The number of carboxylic acids is 1. The Kier molecular flexibility index (Phi) is 3.53. The van der Waals surface area contributed by atoms with Gasteiger partial charge in [0.05, 0.1) is 0 Å². The highest BCUT2D eigenvalue weighted by Gasteiger charge is 2.20. The second-order valence-corrected chi connectivity index (χ2v) is 2.51. The number of carbonyl (C=O) groups is 2. The molecule has 0 aliphatic heterocycles. The molecule has 5 N–H and O–H groups in total. The van der Waals surface area contributed by atoms with E-state index in [0.29, 0.717) is 0 Å². The molecule has 0 aliphatic rings. The lowest BCUT2D eigenvalue weighted by Gasteiger charge is -2.12. The summed E-state index contributed by atoms with van der Waals surface area (Å²) < 4.78 is 0. The lowest BCUT2D eigenvalue weighted by molar-refractivity contribution is -0.139. The zero-order chi connectivity index (χ0) is 9.02. The Morgan fingerprint density at radius 3 is 2.27 bits per heavy atom. The highest BCUT2D eigenvalue weighted by Crippen LogP contribution is 2.04. The van der Waals surface area contributed by atoms with Crippen molar-refractivity contribution in [1.82, 2.24) is 0 Å². The van der Waals surface area contributed by atoms with Gasteiger partial charge in [-0.05, 0) is 5.92 Å². The van der Waals surface area contributed by atoms with Gasteiger partial charge < -0.3 is 16.6 Å². The molecule has 0 aromatic heterocycles. The van der Waals surface area contributed by atoms with Crippen LogP contribution in [-0.4, -0.2) is 23.0 Å². The SMILES string of the molecule is CC(CC(N)=O)[C@@H](N)C(=O)O. The van der Waals surface area contributed by atoms with E-state index in [1.54, 1.807) is 6.92 Å².